The van der Waals surface area contributed by atoms with Gasteiger partial charge < -0.3 is 25.0 Å². The van der Waals surface area contributed by atoms with E-state index in [-0.39, 0.29) is 11.5 Å². The summed E-state index contributed by atoms with van der Waals surface area (Å²) in [5.74, 6) is 1.73. The van der Waals surface area contributed by atoms with Crippen molar-refractivity contribution in [3.05, 3.63) is 48.0 Å². The molecule has 1 fully saturated rings. The second kappa shape index (κ2) is 8.62. The summed E-state index contributed by atoms with van der Waals surface area (Å²) in [4.78, 5) is 0. The maximum absolute atomic E-state index is 9.41. The fourth-order valence-corrected chi connectivity index (χ4v) is 3.02. The number of rotatable bonds is 7. The molecule has 0 atom stereocenters. The zero-order valence-electron chi connectivity index (χ0n) is 14.3. The minimum absolute atomic E-state index is 0.149. The number of aromatic hydroxyl groups is 2. The topological polar surface area (TPSA) is 71.0 Å². The van der Waals surface area contributed by atoms with E-state index in [0.29, 0.717) is 24.9 Å². The third-order valence-electron chi connectivity index (χ3n) is 4.46. The van der Waals surface area contributed by atoms with E-state index in [1.807, 2.05) is 12.1 Å². The number of hydrogen-bond donors (Lipinski definition) is 3. The number of piperidine rings is 1. The molecule has 3 N–H and O–H groups in total. The quantitative estimate of drug-likeness (QED) is 0.531. The van der Waals surface area contributed by atoms with Gasteiger partial charge in [0.15, 0.2) is 11.5 Å². The molecule has 0 amide bonds. The number of benzene rings is 2. The van der Waals surface area contributed by atoms with Crippen molar-refractivity contribution in [2.45, 2.75) is 25.2 Å². The van der Waals surface area contributed by atoms with E-state index in [4.69, 9.17) is 9.47 Å². The van der Waals surface area contributed by atoms with Gasteiger partial charge in [-0.05, 0) is 61.7 Å². The van der Waals surface area contributed by atoms with Crippen molar-refractivity contribution < 1.29 is 19.7 Å². The van der Waals surface area contributed by atoms with Crippen LogP contribution < -0.4 is 14.8 Å². The third-order valence-corrected chi connectivity index (χ3v) is 4.46. The van der Waals surface area contributed by atoms with E-state index in [1.54, 1.807) is 6.07 Å². The zero-order valence-corrected chi connectivity index (χ0v) is 14.3. The Hall–Kier alpha value is -2.40. The summed E-state index contributed by atoms with van der Waals surface area (Å²) in [5, 5.41) is 22.1. The van der Waals surface area contributed by atoms with Crippen LogP contribution in [0.15, 0.2) is 42.5 Å². The Labute approximate surface area is 148 Å². The first kappa shape index (κ1) is 17.4. The number of phenolic OH excluding ortho intramolecular Hbond substituents is 2. The number of nitrogens with one attached hydrogen (secondary N) is 1. The Kier molecular flexibility index (Phi) is 6.01. The highest BCUT2D eigenvalue weighted by molar-refractivity contribution is 5.43. The summed E-state index contributed by atoms with van der Waals surface area (Å²) in [6.45, 7) is 3.25. The van der Waals surface area contributed by atoms with Crippen molar-refractivity contribution in [3.8, 4) is 23.0 Å². The van der Waals surface area contributed by atoms with Gasteiger partial charge in [-0.25, -0.2) is 0 Å². The van der Waals surface area contributed by atoms with Crippen molar-refractivity contribution in [1.29, 1.82) is 0 Å². The van der Waals surface area contributed by atoms with Crippen molar-refractivity contribution in [2.24, 2.45) is 0 Å². The van der Waals surface area contributed by atoms with Crippen molar-refractivity contribution >= 4 is 0 Å². The van der Waals surface area contributed by atoms with Gasteiger partial charge in [-0.1, -0.05) is 12.1 Å². The first-order valence-electron chi connectivity index (χ1n) is 8.80. The normalized spacial score (nSPS) is 15.0. The van der Waals surface area contributed by atoms with Crippen LogP contribution in [0.2, 0.25) is 0 Å². The van der Waals surface area contributed by atoms with E-state index in [1.165, 1.54) is 30.5 Å². The molecule has 1 aliphatic heterocycles. The molecule has 0 spiro atoms. The van der Waals surface area contributed by atoms with Gasteiger partial charge in [0, 0.05) is 12.5 Å². The van der Waals surface area contributed by atoms with Crippen molar-refractivity contribution in [2.75, 3.05) is 26.3 Å². The average molecular weight is 343 g/mol. The molecule has 1 heterocycles. The molecule has 2 aromatic rings. The van der Waals surface area contributed by atoms with Gasteiger partial charge in [-0.3, -0.25) is 0 Å². The Morgan fingerprint density at radius 1 is 0.840 bits per heavy atom. The molecule has 3 rings (SSSR count). The molecule has 5 nitrogen and oxygen atoms in total. The average Bonchev–Trinajstić information content (AvgIpc) is 2.65. The van der Waals surface area contributed by atoms with Crippen LogP contribution in [0.1, 0.15) is 30.7 Å². The van der Waals surface area contributed by atoms with Crippen LogP contribution in [0.25, 0.3) is 0 Å². The molecule has 1 saturated heterocycles. The molecule has 0 bridgehead atoms. The standard InChI is InChI=1S/C20H25NO4/c22-19-7-6-18(14-20(19)23)25-13-1-12-24-17-4-2-15(3-5-17)16-8-10-21-11-9-16/h2-7,14,16,21-23H,1,8-13H2. The minimum atomic E-state index is -0.178. The predicted octanol–water partition coefficient (Wildman–Crippen LogP) is 3.41. The van der Waals surface area contributed by atoms with Gasteiger partial charge in [0.25, 0.3) is 0 Å². The number of hydrogen-bond acceptors (Lipinski definition) is 5. The Balaban J connectivity index is 1.37. The Bertz CT molecular complexity index is 666. The van der Waals surface area contributed by atoms with Gasteiger partial charge in [-0.15, -0.1) is 0 Å². The molecule has 0 radical (unpaired) electrons. The summed E-state index contributed by atoms with van der Waals surface area (Å²) in [7, 11) is 0. The minimum Gasteiger partial charge on any atom is -0.504 e. The second-order valence-corrected chi connectivity index (χ2v) is 6.29. The summed E-state index contributed by atoms with van der Waals surface area (Å²) in [6, 6.07) is 12.8. The maximum Gasteiger partial charge on any atom is 0.161 e. The highest BCUT2D eigenvalue weighted by Crippen LogP contribution is 2.29. The van der Waals surface area contributed by atoms with Crippen LogP contribution in [0.4, 0.5) is 0 Å². The highest BCUT2D eigenvalue weighted by atomic mass is 16.5. The molecule has 25 heavy (non-hydrogen) atoms. The highest BCUT2D eigenvalue weighted by Gasteiger charge is 2.14. The second-order valence-electron chi connectivity index (χ2n) is 6.29. The van der Waals surface area contributed by atoms with Gasteiger partial charge in [-0.2, -0.15) is 0 Å². The monoisotopic (exact) mass is 343 g/mol. The van der Waals surface area contributed by atoms with Crippen LogP contribution in [-0.2, 0) is 0 Å². The predicted molar refractivity (Wildman–Crippen MR) is 96.7 cm³/mol. The molecule has 134 valence electrons. The lowest BCUT2D eigenvalue weighted by Crippen LogP contribution is -2.26. The van der Waals surface area contributed by atoms with Crippen LogP contribution in [0, 0.1) is 0 Å². The van der Waals surface area contributed by atoms with Crippen LogP contribution in [0.3, 0.4) is 0 Å². The lowest BCUT2D eigenvalue weighted by Gasteiger charge is -2.23. The van der Waals surface area contributed by atoms with Gasteiger partial charge in [0.1, 0.15) is 11.5 Å². The van der Waals surface area contributed by atoms with E-state index in [9.17, 15) is 10.2 Å². The fourth-order valence-electron chi connectivity index (χ4n) is 3.02. The van der Waals surface area contributed by atoms with Crippen LogP contribution in [-0.4, -0.2) is 36.5 Å². The zero-order chi connectivity index (χ0) is 17.5. The molecule has 0 aliphatic carbocycles. The molecule has 5 heteroatoms. The first-order valence-corrected chi connectivity index (χ1v) is 8.80. The molecule has 0 saturated carbocycles. The Morgan fingerprint density at radius 3 is 2.16 bits per heavy atom. The fraction of sp³-hybridized carbons (Fsp3) is 0.400. The third kappa shape index (κ3) is 5.03. The summed E-state index contributed by atoms with van der Waals surface area (Å²) < 4.78 is 11.3. The van der Waals surface area contributed by atoms with Crippen molar-refractivity contribution in [3.63, 3.8) is 0 Å². The molecule has 2 aromatic carbocycles. The molecule has 0 aromatic heterocycles. The summed E-state index contributed by atoms with van der Waals surface area (Å²) in [6.07, 6.45) is 3.13. The first-order chi connectivity index (χ1) is 12.2. The van der Waals surface area contributed by atoms with E-state index >= 15 is 0 Å². The van der Waals surface area contributed by atoms with Gasteiger partial charge in [0.05, 0.1) is 13.2 Å². The SMILES string of the molecule is Oc1ccc(OCCCOc2ccc(C3CCNCC3)cc2)cc1O. The number of ether oxygens (including phenoxy) is 2. The largest absolute Gasteiger partial charge is 0.504 e. The van der Waals surface area contributed by atoms with Crippen molar-refractivity contribution in [1.82, 2.24) is 5.32 Å². The molecule has 0 unspecified atom stereocenters. The maximum atomic E-state index is 9.41. The van der Waals surface area contributed by atoms with Gasteiger partial charge in [0.2, 0.25) is 0 Å². The molecule has 1 aliphatic rings. The molecular weight excluding hydrogens is 318 g/mol. The van der Waals surface area contributed by atoms with E-state index in [2.05, 4.69) is 17.4 Å². The lowest BCUT2D eigenvalue weighted by atomic mass is 9.90. The summed E-state index contributed by atoms with van der Waals surface area (Å²) >= 11 is 0. The number of phenols is 2. The lowest BCUT2D eigenvalue weighted by molar-refractivity contribution is 0.246. The van der Waals surface area contributed by atoms with E-state index in [0.717, 1.165) is 25.3 Å². The van der Waals surface area contributed by atoms with E-state index < -0.39 is 0 Å². The van der Waals surface area contributed by atoms with Crippen LogP contribution >= 0.6 is 0 Å². The van der Waals surface area contributed by atoms with Gasteiger partial charge >= 0.3 is 0 Å². The van der Waals surface area contributed by atoms with Crippen LogP contribution in [0.5, 0.6) is 23.0 Å². The summed E-state index contributed by atoms with van der Waals surface area (Å²) in [5.41, 5.74) is 1.39. The molecular formula is C20H25NO4. The Morgan fingerprint density at radius 2 is 1.48 bits per heavy atom. The smallest absolute Gasteiger partial charge is 0.161 e.